The minimum Gasteiger partial charge on any atom is -0.497 e. The van der Waals surface area contributed by atoms with Gasteiger partial charge in [-0.2, -0.15) is 0 Å². The van der Waals surface area contributed by atoms with E-state index in [-0.39, 0.29) is 5.56 Å². The standard InChI is InChI=1S/C22H32N4O2/c1-4-6-11-25(12-7-5-2)13-8-14-26-16-23-20-18-10-9-17(28-3)15-19(18)24-21(20)22(26)27/h9-10,15-16,24H,4-8,11-14H2,1-3H3/p+1. The van der Waals surface area contributed by atoms with Crippen LogP contribution in [-0.2, 0) is 6.54 Å². The highest BCUT2D eigenvalue weighted by Crippen LogP contribution is 2.25. The van der Waals surface area contributed by atoms with Gasteiger partial charge in [-0.05, 0) is 25.0 Å². The molecule has 0 radical (unpaired) electrons. The Labute approximate surface area is 166 Å². The SMILES string of the molecule is CCCC[NH+](CCCC)CCCn1cnc2c([nH]c3cc(OC)ccc32)c1=O. The maximum Gasteiger partial charge on any atom is 0.277 e. The molecule has 152 valence electrons. The second-order valence-electron chi connectivity index (χ2n) is 7.56. The van der Waals surface area contributed by atoms with Crippen molar-refractivity contribution in [3.8, 4) is 5.75 Å². The molecule has 2 aromatic heterocycles. The molecule has 0 aliphatic rings. The number of nitrogens with zero attached hydrogens (tertiary/aromatic N) is 2. The number of H-pyrrole nitrogens is 1. The number of fused-ring (bicyclic) bond motifs is 3. The lowest BCUT2D eigenvalue weighted by Gasteiger charge is -2.19. The van der Waals surface area contributed by atoms with E-state index in [1.807, 2.05) is 18.2 Å². The van der Waals surface area contributed by atoms with E-state index < -0.39 is 0 Å². The van der Waals surface area contributed by atoms with E-state index in [1.165, 1.54) is 38.8 Å². The predicted molar refractivity (Wildman–Crippen MR) is 114 cm³/mol. The summed E-state index contributed by atoms with van der Waals surface area (Å²) in [6.45, 7) is 8.76. The molecular formula is C22H33N4O2+. The topological polar surface area (TPSA) is 64.3 Å². The van der Waals surface area contributed by atoms with Gasteiger partial charge in [0.15, 0.2) is 0 Å². The second kappa shape index (κ2) is 9.73. The van der Waals surface area contributed by atoms with Gasteiger partial charge in [-0.25, -0.2) is 4.98 Å². The lowest BCUT2D eigenvalue weighted by molar-refractivity contribution is -0.900. The Morgan fingerprint density at radius 2 is 1.82 bits per heavy atom. The molecule has 0 fully saturated rings. The van der Waals surface area contributed by atoms with E-state index in [0.717, 1.165) is 35.1 Å². The summed E-state index contributed by atoms with van der Waals surface area (Å²) in [4.78, 5) is 22.4. The van der Waals surface area contributed by atoms with Crippen LogP contribution in [0.2, 0.25) is 0 Å². The average molecular weight is 386 g/mol. The van der Waals surface area contributed by atoms with Gasteiger partial charge in [0, 0.05) is 24.4 Å². The van der Waals surface area contributed by atoms with Crippen molar-refractivity contribution in [2.45, 2.75) is 52.5 Å². The number of ether oxygens (including phenoxy) is 1. The molecule has 0 saturated carbocycles. The number of benzene rings is 1. The van der Waals surface area contributed by atoms with E-state index in [9.17, 15) is 4.79 Å². The third-order valence-electron chi connectivity index (χ3n) is 5.48. The molecule has 0 unspecified atom stereocenters. The Morgan fingerprint density at radius 3 is 2.50 bits per heavy atom. The maximum absolute atomic E-state index is 12.9. The van der Waals surface area contributed by atoms with Crippen molar-refractivity contribution >= 4 is 21.9 Å². The fourth-order valence-corrected chi connectivity index (χ4v) is 3.79. The zero-order valence-corrected chi connectivity index (χ0v) is 17.4. The lowest BCUT2D eigenvalue weighted by Crippen LogP contribution is -3.12. The molecule has 2 heterocycles. The number of unbranched alkanes of at least 4 members (excludes halogenated alkanes) is 2. The highest BCUT2D eigenvalue weighted by molar-refractivity contribution is 6.04. The quantitative estimate of drug-likeness (QED) is 0.533. The van der Waals surface area contributed by atoms with E-state index in [2.05, 4.69) is 23.8 Å². The molecule has 6 heteroatoms. The monoisotopic (exact) mass is 385 g/mol. The third-order valence-corrected chi connectivity index (χ3v) is 5.48. The number of aryl methyl sites for hydroxylation is 1. The van der Waals surface area contributed by atoms with Gasteiger partial charge in [-0.3, -0.25) is 9.36 Å². The number of rotatable bonds is 11. The summed E-state index contributed by atoms with van der Waals surface area (Å²) in [5.74, 6) is 0.765. The number of methoxy groups -OCH3 is 1. The highest BCUT2D eigenvalue weighted by Gasteiger charge is 2.12. The zero-order chi connectivity index (χ0) is 19.9. The largest absolute Gasteiger partial charge is 0.497 e. The minimum atomic E-state index is 0.00355. The fourth-order valence-electron chi connectivity index (χ4n) is 3.79. The Bertz CT molecular complexity index is 952. The molecule has 0 saturated heterocycles. The molecule has 2 N–H and O–H groups in total. The van der Waals surface area contributed by atoms with Gasteiger partial charge < -0.3 is 14.6 Å². The summed E-state index contributed by atoms with van der Waals surface area (Å²) >= 11 is 0. The predicted octanol–water partition coefficient (Wildman–Crippen LogP) is 2.76. The zero-order valence-electron chi connectivity index (χ0n) is 17.4. The minimum absolute atomic E-state index is 0.00355. The Hall–Kier alpha value is -2.34. The van der Waals surface area contributed by atoms with Crippen molar-refractivity contribution in [2.24, 2.45) is 0 Å². The molecule has 0 atom stereocenters. The van der Waals surface area contributed by atoms with Crippen LogP contribution < -0.4 is 15.2 Å². The first kappa shape index (κ1) is 20.4. The third kappa shape index (κ3) is 4.55. The van der Waals surface area contributed by atoms with Crippen LogP contribution in [0.15, 0.2) is 29.3 Å². The number of quaternary nitrogens is 1. The summed E-state index contributed by atoms with van der Waals surface area (Å²) in [5, 5.41) is 0.954. The number of nitrogens with one attached hydrogen (secondary N) is 2. The summed E-state index contributed by atoms with van der Waals surface area (Å²) < 4.78 is 7.02. The molecular weight excluding hydrogens is 352 g/mol. The number of hydrogen-bond donors (Lipinski definition) is 2. The molecule has 0 spiro atoms. The van der Waals surface area contributed by atoms with Gasteiger partial charge in [0.2, 0.25) is 0 Å². The molecule has 0 aliphatic heterocycles. The summed E-state index contributed by atoms with van der Waals surface area (Å²) in [6.07, 6.45) is 7.70. The second-order valence-corrected chi connectivity index (χ2v) is 7.56. The molecule has 0 aliphatic carbocycles. The van der Waals surface area contributed by atoms with E-state index in [1.54, 1.807) is 22.9 Å². The van der Waals surface area contributed by atoms with Gasteiger partial charge >= 0.3 is 0 Å². The molecule has 0 bridgehead atoms. The van der Waals surface area contributed by atoms with Crippen LogP contribution in [-0.4, -0.2) is 41.3 Å². The molecule has 3 rings (SSSR count). The number of hydrogen-bond acceptors (Lipinski definition) is 3. The fraction of sp³-hybridized carbons (Fsp3) is 0.545. The summed E-state index contributed by atoms with van der Waals surface area (Å²) in [5.41, 5.74) is 2.19. The van der Waals surface area contributed by atoms with E-state index >= 15 is 0 Å². The number of aromatic amines is 1. The summed E-state index contributed by atoms with van der Waals surface area (Å²) in [6, 6.07) is 5.75. The Balaban J connectivity index is 1.73. The molecule has 3 aromatic rings. The van der Waals surface area contributed by atoms with Crippen LogP contribution in [0.25, 0.3) is 21.9 Å². The van der Waals surface area contributed by atoms with Gasteiger partial charge in [-0.1, -0.05) is 26.7 Å². The highest BCUT2D eigenvalue weighted by atomic mass is 16.5. The lowest BCUT2D eigenvalue weighted by atomic mass is 10.2. The first-order valence-electron chi connectivity index (χ1n) is 10.6. The molecule has 0 amide bonds. The summed E-state index contributed by atoms with van der Waals surface area (Å²) in [7, 11) is 1.64. The van der Waals surface area contributed by atoms with Crippen molar-refractivity contribution in [3.63, 3.8) is 0 Å². The van der Waals surface area contributed by atoms with Crippen LogP contribution in [0.5, 0.6) is 5.75 Å². The van der Waals surface area contributed by atoms with Crippen molar-refractivity contribution in [2.75, 3.05) is 26.7 Å². The molecule has 28 heavy (non-hydrogen) atoms. The van der Waals surface area contributed by atoms with Crippen LogP contribution in [0.3, 0.4) is 0 Å². The van der Waals surface area contributed by atoms with Gasteiger partial charge in [0.05, 0.1) is 38.6 Å². The van der Waals surface area contributed by atoms with E-state index in [4.69, 9.17) is 4.74 Å². The first-order valence-corrected chi connectivity index (χ1v) is 10.6. The van der Waals surface area contributed by atoms with Gasteiger partial charge in [0.1, 0.15) is 16.8 Å². The average Bonchev–Trinajstić information content (AvgIpc) is 3.09. The van der Waals surface area contributed by atoms with Crippen LogP contribution >= 0.6 is 0 Å². The van der Waals surface area contributed by atoms with Gasteiger partial charge in [0.25, 0.3) is 5.56 Å². The number of aromatic nitrogens is 3. The van der Waals surface area contributed by atoms with Crippen molar-refractivity contribution in [1.29, 1.82) is 0 Å². The Morgan fingerprint density at radius 1 is 1.11 bits per heavy atom. The Kier molecular flexibility index (Phi) is 7.09. The van der Waals surface area contributed by atoms with Gasteiger partial charge in [-0.15, -0.1) is 0 Å². The van der Waals surface area contributed by atoms with Crippen molar-refractivity contribution in [1.82, 2.24) is 14.5 Å². The molecule has 1 aromatic carbocycles. The molecule has 6 nitrogen and oxygen atoms in total. The van der Waals surface area contributed by atoms with Crippen molar-refractivity contribution < 1.29 is 9.64 Å². The van der Waals surface area contributed by atoms with Crippen LogP contribution in [0.1, 0.15) is 46.0 Å². The normalized spacial score (nSPS) is 11.7. The first-order chi connectivity index (χ1) is 13.7. The van der Waals surface area contributed by atoms with Crippen LogP contribution in [0.4, 0.5) is 0 Å². The smallest absolute Gasteiger partial charge is 0.277 e. The van der Waals surface area contributed by atoms with Crippen molar-refractivity contribution in [3.05, 3.63) is 34.9 Å². The van der Waals surface area contributed by atoms with Crippen LogP contribution in [0, 0.1) is 0 Å². The van der Waals surface area contributed by atoms with E-state index in [0.29, 0.717) is 12.1 Å². The maximum atomic E-state index is 12.9.